The Morgan fingerprint density at radius 2 is 1.83 bits per heavy atom. The highest BCUT2D eigenvalue weighted by Gasteiger charge is 2.30. The molecule has 2 aromatic carbocycles. The molecule has 0 saturated carbocycles. The Labute approximate surface area is 171 Å². The summed E-state index contributed by atoms with van der Waals surface area (Å²) in [6, 6.07) is 18.5. The first-order valence-electron chi connectivity index (χ1n) is 10.1. The maximum atomic E-state index is 13.2. The molecule has 1 aliphatic heterocycles. The van der Waals surface area contributed by atoms with Crippen LogP contribution in [0.3, 0.4) is 0 Å². The second kappa shape index (κ2) is 8.57. The molecular weight excluding hydrogens is 362 g/mol. The number of hydrogen-bond acceptors (Lipinski definition) is 4. The third kappa shape index (κ3) is 4.38. The standard InChI is InChI=1S/C23H27N5O/c1-26(2)16-18-11-13-19(14-12-18)22-10-6-7-15-27(22)23(29)21-17-28(25-24-21)20-8-4-3-5-9-20/h3-5,8-9,11-14,17,22H,6-7,10,15-16H2,1-2H3/t22-/m0/s1. The number of carbonyl (C=O) groups is 1. The molecular formula is C23H27N5O. The van der Waals surface area contributed by atoms with E-state index in [-0.39, 0.29) is 11.9 Å². The number of aromatic nitrogens is 3. The van der Waals surface area contributed by atoms with Crippen molar-refractivity contribution in [2.45, 2.75) is 31.8 Å². The summed E-state index contributed by atoms with van der Waals surface area (Å²) in [5, 5.41) is 8.31. The Hall–Kier alpha value is -2.99. The van der Waals surface area contributed by atoms with Crippen LogP contribution in [0.4, 0.5) is 0 Å². The van der Waals surface area contributed by atoms with Crippen LogP contribution < -0.4 is 0 Å². The topological polar surface area (TPSA) is 54.3 Å². The molecule has 3 aromatic rings. The van der Waals surface area contributed by atoms with E-state index in [0.717, 1.165) is 38.0 Å². The van der Waals surface area contributed by atoms with Gasteiger partial charge in [-0.2, -0.15) is 0 Å². The van der Waals surface area contributed by atoms with Gasteiger partial charge < -0.3 is 9.80 Å². The van der Waals surface area contributed by atoms with E-state index in [1.54, 1.807) is 10.9 Å². The van der Waals surface area contributed by atoms with Crippen molar-refractivity contribution in [1.29, 1.82) is 0 Å². The van der Waals surface area contributed by atoms with E-state index in [9.17, 15) is 4.79 Å². The summed E-state index contributed by atoms with van der Waals surface area (Å²) in [7, 11) is 4.14. The maximum Gasteiger partial charge on any atom is 0.276 e. The monoisotopic (exact) mass is 389 g/mol. The van der Waals surface area contributed by atoms with Crippen LogP contribution >= 0.6 is 0 Å². The van der Waals surface area contributed by atoms with Crippen molar-refractivity contribution < 1.29 is 4.79 Å². The third-order valence-electron chi connectivity index (χ3n) is 5.36. The molecule has 2 heterocycles. The highest BCUT2D eigenvalue weighted by atomic mass is 16.2. The quantitative estimate of drug-likeness (QED) is 0.668. The van der Waals surface area contributed by atoms with Gasteiger partial charge in [-0.3, -0.25) is 4.79 Å². The van der Waals surface area contributed by atoms with Crippen molar-refractivity contribution in [3.05, 3.63) is 77.6 Å². The molecule has 6 heteroatoms. The Morgan fingerprint density at radius 3 is 2.55 bits per heavy atom. The predicted molar refractivity (Wildman–Crippen MR) is 113 cm³/mol. The molecule has 0 bridgehead atoms. The van der Waals surface area contributed by atoms with E-state index in [1.807, 2.05) is 35.2 Å². The van der Waals surface area contributed by atoms with Crippen LogP contribution in [0.1, 0.15) is 46.9 Å². The number of rotatable bonds is 5. The average Bonchev–Trinajstić information content (AvgIpc) is 3.24. The van der Waals surface area contributed by atoms with Gasteiger partial charge in [-0.05, 0) is 56.6 Å². The molecule has 1 fully saturated rings. The van der Waals surface area contributed by atoms with Crippen molar-refractivity contribution in [1.82, 2.24) is 24.8 Å². The van der Waals surface area contributed by atoms with Crippen molar-refractivity contribution in [3.63, 3.8) is 0 Å². The minimum absolute atomic E-state index is 0.0470. The molecule has 0 unspecified atom stereocenters. The van der Waals surface area contributed by atoms with E-state index < -0.39 is 0 Å². The number of hydrogen-bond donors (Lipinski definition) is 0. The van der Waals surface area contributed by atoms with Gasteiger partial charge in [0.25, 0.3) is 5.91 Å². The van der Waals surface area contributed by atoms with Gasteiger partial charge >= 0.3 is 0 Å². The third-order valence-corrected chi connectivity index (χ3v) is 5.36. The summed E-state index contributed by atoms with van der Waals surface area (Å²) in [5.41, 5.74) is 3.75. The molecule has 0 radical (unpaired) electrons. The number of carbonyl (C=O) groups excluding carboxylic acids is 1. The maximum absolute atomic E-state index is 13.2. The Balaban J connectivity index is 1.54. The second-order valence-corrected chi connectivity index (χ2v) is 7.87. The Morgan fingerprint density at radius 1 is 1.07 bits per heavy atom. The van der Waals surface area contributed by atoms with Crippen LogP contribution in [0.25, 0.3) is 5.69 Å². The molecule has 6 nitrogen and oxygen atoms in total. The Kier molecular flexibility index (Phi) is 5.71. The molecule has 4 rings (SSSR count). The minimum atomic E-state index is -0.0470. The molecule has 1 saturated heterocycles. The Bertz CT molecular complexity index is 949. The molecule has 150 valence electrons. The molecule has 0 N–H and O–H groups in total. The van der Waals surface area contributed by atoms with Gasteiger partial charge in [0.05, 0.1) is 17.9 Å². The number of likely N-dealkylation sites (tertiary alicyclic amines) is 1. The van der Waals surface area contributed by atoms with E-state index in [2.05, 4.69) is 53.6 Å². The highest BCUT2D eigenvalue weighted by Crippen LogP contribution is 2.32. The largest absolute Gasteiger partial charge is 0.330 e. The van der Waals surface area contributed by atoms with Gasteiger partial charge in [0.1, 0.15) is 0 Å². The predicted octanol–water partition coefficient (Wildman–Crippen LogP) is 3.70. The molecule has 1 aliphatic rings. The van der Waals surface area contributed by atoms with E-state index in [1.165, 1.54) is 11.1 Å². The molecule has 29 heavy (non-hydrogen) atoms. The zero-order valence-electron chi connectivity index (χ0n) is 17.0. The van der Waals surface area contributed by atoms with Crippen molar-refractivity contribution in [2.75, 3.05) is 20.6 Å². The lowest BCUT2D eigenvalue weighted by Crippen LogP contribution is -2.38. The smallest absolute Gasteiger partial charge is 0.276 e. The zero-order valence-corrected chi connectivity index (χ0v) is 17.0. The van der Waals surface area contributed by atoms with Crippen molar-refractivity contribution in [3.8, 4) is 5.69 Å². The van der Waals surface area contributed by atoms with E-state index in [0.29, 0.717) is 5.69 Å². The lowest BCUT2D eigenvalue weighted by atomic mass is 9.94. The van der Waals surface area contributed by atoms with E-state index >= 15 is 0 Å². The second-order valence-electron chi connectivity index (χ2n) is 7.87. The van der Waals surface area contributed by atoms with Crippen LogP contribution in [0.2, 0.25) is 0 Å². The highest BCUT2D eigenvalue weighted by molar-refractivity contribution is 5.92. The number of amides is 1. The summed E-state index contributed by atoms with van der Waals surface area (Å²) >= 11 is 0. The van der Waals surface area contributed by atoms with Crippen LogP contribution in [0, 0.1) is 0 Å². The van der Waals surface area contributed by atoms with Gasteiger partial charge in [0, 0.05) is 13.1 Å². The van der Waals surface area contributed by atoms with Crippen LogP contribution in [0.15, 0.2) is 60.8 Å². The van der Waals surface area contributed by atoms with Gasteiger partial charge in [-0.15, -0.1) is 5.10 Å². The summed E-state index contributed by atoms with van der Waals surface area (Å²) in [5.74, 6) is -0.0470. The summed E-state index contributed by atoms with van der Waals surface area (Å²) in [6.07, 6.45) is 4.85. The number of nitrogens with zero attached hydrogens (tertiary/aromatic N) is 5. The normalized spacial score (nSPS) is 16.9. The molecule has 1 amide bonds. The summed E-state index contributed by atoms with van der Waals surface area (Å²) in [6.45, 7) is 1.66. The fraction of sp³-hybridized carbons (Fsp3) is 0.348. The molecule has 1 atom stereocenters. The van der Waals surface area contributed by atoms with Gasteiger partial charge in [-0.25, -0.2) is 4.68 Å². The SMILES string of the molecule is CN(C)Cc1ccc([C@@H]2CCCCN2C(=O)c2cn(-c3ccccc3)nn2)cc1. The van der Waals surface area contributed by atoms with Crippen molar-refractivity contribution >= 4 is 5.91 Å². The van der Waals surface area contributed by atoms with Crippen LogP contribution in [-0.2, 0) is 6.54 Å². The fourth-order valence-electron chi connectivity index (χ4n) is 3.95. The van der Waals surface area contributed by atoms with Gasteiger partial charge in [-0.1, -0.05) is 47.7 Å². The summed E-state index contributed by atoms with van der Waals surface area (Å²) in [4.78, 5) is 17.4. The molecule has 1 aromatic heterocycles. The van der Waals surface area contributed by atoms with Crippen molar-refractivity contribution in [2.24, 2.45) is 0 Å². The number of para-hydroxylation sites is 1. The van der Waals surface area contributed by atoms with E-state index in [4.69, 9.17) is 0 Å². The van der Waals surface area contributed by atoms with Crippen LogP contribution in [-0.4, -0.2) is 51.3 Å². The number of benzene rings is 2. The van der Waals surface area contributed by atoms with Gasteiger partial charge in [0.15, 0.2) is 5.69 Å². The molecule has 0 aliphatic carbocycles. The number of piperidine rings is 1. The first-order chi connectivity index (χ1) is 14.1. The fourth-order valence-corrected chi connectivity index (χ4v) is 3.95. The van der Waals surface area contributed by atoms with Crippen LogP contribution in [0.5, 0.6) is 0 Å². The first kappa shape index (κ1) is 19.3. The van der Waals surface area contributed by atoms with Gasteiger partial charge in [0.2, 0.25) is 0 Å². The lowest BCUT2D eigenvalue weighted by molar-refractivity contribution is 0.0605. The minimum Gasteiger partial charge on any atom is -0.330 e. The first-order valence-corrected chi connectivity index (χ1v) is 10.1. The lowest BCUT2D eigenvalue weighted by Gasteiger charge is -2.35. The average molecular weight is 390 g/mol. The molecule has 0 spiro atoms. The zero-order chi connectivity index (χ0) is 20.2. The summed E-state index contributed by atoms with van der Waals surface area (Å²) < 4.78 is 1.65.